The molecule has 0 N–H and O–H groups in total. The lowest BCUT2D eigenvalue weighted by molar-refractivity contribution is 0.0411. The van der Waals surface area contributed by atoms with Gasteiger partial charge in [-0.2, -0.15) is 0 Å². The number of carbonyl (C=O) groups excluding carboxylic acids is 1. The Kier molecular flexibility index (Phi) is 4.53. The van der Waals surface area contributed by atoms with Crippen molar-refractivity contribution in [2.45, 2.75) is 44.6 Å². The van der Waals surface area contributed by atoms with E-state index in [-0.39, 0.29) is 5.60 Å². The molecule has 2 rings (SSSR count). The Bertz CT molecular complexity index is 475. The first kappa shape index (κ1) is 14.7. The summed E-state index contributed by atoms with van der Waals surface area (Å²) in [6.07, 6.45) is 5.53. The molecular formula is C16H22O4. The van der Waals surface area contributed by atoms with Crippen LogP contribution in [0, 0.1) is 0 Å². The highest BCUT2D eigenvalue weighted by Crippen LogP contribution is 2.39. The van der Waals surface area contributed by atoms with Crippen molar-refractivity contribution in [3.63, 3.8) is 0 Å². The van der Waals surface area contributed by atoms with E-state index in [9.17, 15) is 4.79 Å². The minimum absolute atomic E-state index is 0.240. The summed E-state index contributed by atoms with van der Waals surface area (Å²) >= 11 is 0. The summed E-state index contributed by atoms with van der Waals surface area (Å²) in [5.41, 5.74) is 0.175. The van der Waals surface area contributed by atoms with Gasteiger partial charge < -0.3 is 14.2 Å². The first-order valence-corrected chi connectivity index (χ1v) is 7.04. The second-order valence-electron chi connectivity index (χ2n) is 5.44. The molecule has 1 aromatic rings. The maximum Gasteiger partial charge on any atom is 0.341 e. The van der Waals surface area contributed by atoms with Gasteiger partial charge in [-0.25, -0.2) is 4.79 Å². The molecule has 1 aliphatic rings. The second kappa shape index (κ2) is 6.16. The summed E-state index contributed by atoms with van der Waals surface area (Å²) in [7, 11) is 2.94. The molecule has 0 atom stereocenters. The Morgan fingerprint density at radius 2 is 1.85 bits per heavy atom. The molecular weight excluding hydrogens is 256 g/mol. The average molecular weight is 278 g/mol. The van der Waals surface area contributed by atoms with Crippen molar-refractivity contribution >= 4 is 5.97 Å². The summed E-state index contributed by atoms with van der Waals surface area (Å²) in [5, 5.41) is 0. The van der Waals surface area contributed by atoms with Gasteiger partial charge in [-0.05, 0) is 44.7 Å². The molecule has 1 fully saturated rings. The van der Waals surface area contributed by atoms with Crippen molar-refractivity contribution in [3.05, 3.63) is 23.8 Å². The van der Waals surface area contributed by atoms with Crippen LogP contribution in [-0.2, 0) is 4.74 Å². The van der Waals surface area contributed by atoms with Crippen molar-refractivity contribution in [1.29, 1.82) is 0 Å². The predicted molar refractivity (Wildman–Crippen MR) is 76.5 cm³/mol. The van der Waals surface area contributed by atoms with E-state index in [1.54, 1.807) is 25.3 Å². The Labute approximate surface area is 120 Å². The molecule has 1 aromatic carbocycles. The highest BCUT2D eigenvalue weighted by Gasteiger charge is 2.31. The topological polar surface area (TPSA) is 44.8 Å². The van der Waals surface area contributed by atoms with Crippen LogP contribution in [0.2, 0.25) is 0 Å². The summed E-state index contributed by atoms with van der Waals surface area (Å²) in [5.74, 6) is 0.657. The van der Waals surface area contributed by atoms with Crippen LogP contribution in [0.15, 0.2) is 18.2 Å². The van der Waals surface area contributed by atoms with E-state index < -0.39 is 5.97 Å². The number of rotatable bonds is 4. The van der Waals surface area contributed by atoms with Gasteiger partial charge in [-0.1, -0.05) is 12.5 Å². The van der Waals surface area contributed by atoms with E-state index in [0.29, 0.717) is 17.1 Å². The zero-order valence-corrected chi connectivity index (χ0v) is 12.4. The molecule has 0 bridgehead atoms. The van der Waals surface area contributed by atoms with Gasteiger partial charge in [0.2, 0.25) is 0 Å². The summed E-state index contributed by atoms with van der Waals surface area (Å²) in [6, 6.07) is 5.27. The second-order valence-corrected chi connectivity index (χ2v) is 5.44. The van der Waals surface area contributed by atoms with Crippen molar-refractivity contribution in [3.8, 4) is 11.5 Å². The predicted octanol–water partition coefficient (Wildman–Crippen LogP) is 3.58. The molecule has 110 valence electrons. The van der Waals surface area contributed by atoms with Crippen LogP contribution in [0.4, 0.5) is 0 Å². The fourth-order valence-corrected chi connectivity index (χ4v) is 2.70. The van der Waals surface area contributed by atoms with Gasteiger partial charge in [-0.3, -0.25) is 0 Å². The molecule has 0 amide bonds. The zero-order valence-electron chi connectivity index (χ0n) is 12.4. The Morgan fingerprint density at radius 3 is 2.45 bits per heavy atom. The molecule has 1 saturated carbocycles. The van der Waals surface area contributed by atoms with E-state index in [1.807, 2.05) is 0 Å². The van der Waals surface area contributed by atoms with Crippen LogP contribution in [0.3, 0.4) is 0 Å². The number of hydrogen-bond acceptors (Lipinski definition) is 4. The lowest BCUT2D eigenvalue weighted by atomic mass is 9.86. The summed E-state index contributed by atoms with van der Waals surface area (Å²) < 4.78 is 16.4. The first-order chi connectivity index (χ1) is 9.59. The number of para-hydroxylation sites is 1. The van der Waals surface area contributed by atoms with Gasteiger partial charge in [0.25, 0.3) is 0 Å². The Hall–Kier alpha value is -1.71. The van der Waals surface area contributed by atoms with Gasteiger partial charge in [0.15, 0.2) is 11.5 Å². The number of carbonyl (C=O) groups is 1. The third-order valence-electron chi connectivity index (χ3n) is 3.86. The van der Waals surface area contributed by atoms with Crippen molar-refractivity contribution in [2.75, 3.05) is 14.2 Å². The van der Waals surface area contributed by atoms with E-state index in [1.165, 1.54) is 13.5 Å². The van der Waals surface area contributed by atoms with Crippen LogP contribution in [0.1, 0.15) is 49.4 Å². The maximum absolute atomic E-state index is 11.9. The van der Waals surface area contributed by atoms with Crippen LogP contribution in [0.5, 0.6) is 11.5 Å². The zero-order chi connectivity index (χ0) is 14.6. The Morgan fingerprint density at radius 1 is 1.15 bits per heavy atom. The molecule has 0 saturated heterocycles. The number of methoxy groups -OCH3 is 2. The van der Waals surface area contributed by atoms with E-state index in [2.05, 4.69) is 6.92 Å². The standard InChI is InChI=1S/C16H22O4/c1-16(10-5-4-6-11-16)20-14-12(15(17)19-3)8-7-9-13(14)18-2/h7-9H,4-6,10-11H2,1-3H3. The molecule has 0 unspecified atom stereocenters. The normalized spacial score (nSPS) is 17.4. The number of hydrogen-bond donors (Lipinski definition) is 0. The largest absolute Gasteiger partial charge is 0.493 e. The van der Waals surface area contributed by atoms with E-state index in [4.69, 9.17) is 14.2 Å². The molecule has 4 heteroatoms. The van der Waals surface area contributed by atoms with Gasteiger partial charge in [0.05, 0.1) is 14.2 Å². The molecule has 0 aromatic heterocycles. The van der Waals surface area contributed by atoms with Gasteiger partial charge in [0, 0.05) is 0 Å². The number of esters is 1. The first-order valence-electron chi connectivity index (χ1n) is 7.04. The van der Waals surface area contributed by atoms with Crippen molar-refractivity contribution < 1.29 is 19.0 Å². The highest BCUT2D eigenvalue weighted by atomic mass is 16.5. The van der Waals surface area contributed by atoms with Crippen LogP contribution in [-0.4, -0.2) is 25.8 Å². The van der Waals surface area contributed by atoms with Crippen molar-refractivity contribution in [1.82, 2.24) is 0 Å². The Balaban J connectivity index is 2.35. The fourth-order valence-electron chi connectivity index (χ4n) is 2.70. The van der Waals surface area contributed by atoms with Gasteiger partial charge in [0.1, 0.15) is 11.2 Å². The van der Waals surface area contributed by atoms with Crippen LogP contribution in [0.25, 0.3) is 0 Å². The van der Waals surface area contributed by atoms with Gasteiger partial charge >= 0.3 is 5.97 Å². The molecule has 0 aliphatic heterocycles. The molecule has 0 radical (unpaired) electrons. The third kappa shape index (κ3) is 3.06. The quantitative estimate of drug-likeness (QED) is 0.790. The van der Waals surface area contributed by atoms with E-state index in [0.717, 1.165) is 25.7 Å². The molecule has 0 spiro atoms. The summed E-state index contributed by atoms with van der Waals surface area (Å²) in [6.45, 7) is 2.10. The number of ether oxygens (including phenoxy) is 3. The van der Waals surface area contributed by atoms with Gasteiger partial charge in [-0.15, -0.1) is 0 Å². The van der Waals surface area contributed by atoms with Crippen LogP contribution >= 0.6 is 0 Å². The number of benzene rings is 1. The third-order valence-corrected chi connectivity index (χ3v) is 3.86. The lowest BCUT2D eigenvalue weighted by Gasteiger charge is -2.35. The summed E-state index contributed by atoms with van der Waals surface area (Å²) in [4.78, 5) is 11.9. The lowest BCUT2D eigenvalue weighted by Crippen LogP contribution is -2.35. The SMILES string of the molecule is COC(=O)c1cccc(OC)c1OC1(C)CCCCC1. The molecule has 4 nitrogen and oxygen atoms in total. The molecule has 20 heavy (non-hydrogen) atoms. The maximum atomic E-state index is 11.9. The fraction of sp³-hybridized carbons (Fsp3) is 0.562. The molecule has 1 aliphatic carbocycles. The van der Waals surface area contributed by atoms with Crippen LogP contribution < -0.4 is 9.47 Å². The minimum atomic E-state index is -0.404. The molecule has 0 heterocycles. The van der Waals surface area contributed by atoms with Crippen molar-refractivity contribution in [2.24, 2.45) is 0 Å². The monoisotopic (exact) mass is 278 g/mol. The van der Waals surface area contributed by atoms with E-state index >= 15 is 0 Å². The average Bonchev–Trinajstić information content (AvgIpc) is 2.47. The highest BCUT2D eigenvalue weighted by molar-refractivity contribution is 5.93. The smallest absolute Gasteiger partial charge is 0.341 e. The minimum Gasteiger partial charge on any atom is -0.493 e.